The molecule has 12 rings (SSSR count). The Hall–Kier alpha value is -8.14. The van der Waals surface area contributed by atoms with Crippen molar-refractivity contribution < 1.29 is 8.83 Å². The molecular weight excluding hydrogens is 743 g/mol. The fourth-order valence-electron chi connectivity index (χ4n) is 9.18. The Labute approximate surface area is 353 Å². The fourth-order valence-corrected chi connectivity index (χ4v) is 9.18. The molecule has 0 aliphatic rings. The molecule has 3 nitrogen and oxygen atoms in total. The lowest BCUT2D eigenvalue weighted by Gasteiger charge is -2.27. The molecule has 2 heterocycles. The highest BCUT2D eigenvalue weighted by Crippen LogP contribution is 2.49. The minimum absolute atomic E-state index is 0.833. The van der Waals surface area contributed by atoms with E-state index in [1.54, 1.807) is 0 Å². The van der Waals surface area contributed by atoms with Crippen molar-refractivity contribution in [2.24, 2.45) is 0 Å². The zero-order valence-corrected chi connectivity index (χ0v) is 33.1. The van der Waals surface area contributed by atoms with Gasteiger partial charge in [-0.05, 0) is 104 Å². The van der Waals surface area contributed by atoms with Gasteiger partial charge in [-0.25, -0.2) is 0 Å². The largest absolute Gasteiger partial charge is 0.456 e. The average molecular weight is 780 g/mol. The summed E-state index contributed by atoms with van der Waals surface area (Å²) in [5.41, 5.74) is 15.7. The van der Waals surface area contributed by atoms with Gasteiger partial charge in [0, 0.05) is 22.0 Å². The molecular formula is C58H37NO2. The van der Waals surface area contributed by atoms with Crippen LogP contribution in [0.4, 0.5) is 17.1 Å². The first-order valence-corrected chi connectivity index (χ1v) is 20.7. The summed E-state index contributed by atoms with van der Waals surface area (Å²) >= 11 is 0. The summed E-state index contributed by atoms with van der Waals surface area (Å²) in [4.78, 5) is 2.38. The molecule has 12 aromatic rings. The fraction of sp³-hybridized carbons (Fsp3) is 0. The quantitative estimate of drug-likeness (QED) is 0.161. The van der Waals surface area contributed by atoms with Gasteiger partial charge in [-0.3, -0.25) is 0 Å². The third kappa shape index (κ3) is 5.90. The lowest BCUT2D eigenvalue weighted by Crippen LogP contribution is -2.11. The average Bonchev–Trinajstić information content (AvgIpc) is 3.92. The van der Waals surface area contributed by atoms with Gasteiger partial charge in [-0.15, -0.1) is 0 Å². The van der Waals surface area contributed by atoms with Crippen LogP contribution in [-0.2, 0) is 0 Å². The second-order valence-corrected chi connectivity index (χ2v) is 15.6. The number of benzene rings is 10. The molecule has 0 aliphatic heterocycles. The molecule has 3 heteroatoms. The summed E-state index contributed by atoms with van der Waals surface area (Å²) in [6, 6.07) is 79.7. The topological polar surface area (TPSA) is 29.5 Å². The predicted molar refractivity (Wildman–Crippen MR) is 255 cm³/mol. The van der Waals surface area contributed by atoms with Crippen LogP contribution in [0.1, 0.15) is 0 Å². The summed E-state index contributed by atoms with van der Waals surface area (Å²) in [6.45, 7) is 0. The van der Waals surface area contributed by atoms with Gasteiger partial charge >= 0.3 is 0 Å². The maximum Gasteiger partial charge on any atom is 0.145 e. The van der Waals surface area contributed by atoms with E-state index in [1.807, 2.05) is 12.1 Å². The molecule has 61 heavy (non-hydrogen) atoms. The van der Waals surface area contributed by atoms with Gasteiger partial charge in [0.15, 0.2) is 0 Å². The first-order valence-electron chi connectivity index (χ1n) is 20.7. The number of hydrogen-bond acceptors (Lipinski definition) is 3. The third-order valence-corrected chi connectivity index (χ3v) is 12.1. The van der Waals surface area contributed by atoms with Crippen LogP contribution in [0.2, 0.25) is 0 Å². The number of fused-ring (bicyclic) bond motifs is 7. The van der Waals surface area contributed by atoms with Gasteiger partial charge in [0.2, 0.25) is 0 Å². The first-order chi connectivity index (χ1) is 30.2. The summed E-state index contributed by atoms with van der Waals surface area (Å²) in [6.07, 6.45) is 0. The van der Waals surface area contributed by atoms with Crippen LogP contribution in [0.25, 0.3) is 99.2 Å². The summed E-state index contributed by atoms with van der Waals surface area (Å²) in [7, 11) is 0. The predicted octanol–water partition coefficient (Wildman–Crippen LogP) is 16.8. The minimum Gasteiger partial charge on any atom is -0.456 e. The lowest BCUT2D eigenvalue weighted by atomic mass is 9.96. The number of furan rings is 2. The molecule has 0 radical (unpaired) electrons. The Morgan fingerprint density at radius 1 is 0.295 bits per heavy atom. The van der Waals surface area contributed by atoms with Crippen molar-refractivity contribution in [3.05, 3.63) is 224 Å². The number of nitrogens with zero attached hydrogens (tertiary/aromatic N) is 1. The van der Waals surface area contributed by atoms with Crippen LogP contribution in [-0.4, -0.2) is 0 Å². The lowest BCUT2D eigenvalue weighted by molar-refractivity contribution is 0.669. The van der Waals surface area contributed by atoms with Crippen LogP contribution >= 0.6 is 0 Å². The molecule has 0 bridgehead atoms. The second kappa shape index (κ2) is 14.3. The van der Waals surface area contributed by atoms with E-state index in [1.165, 1.54) is 21.9 Å². The highest BCUT2D eigenvalue weighted by atomic mass is 16.3. The molecule has 0 N–H and O–H groups in total. The Kier molecular flexibility index (Phi) is 8.17. The normalized spacial score (nSPS) is 11.6. The Morgan fingerprint density at radius 2 is 0.852 bits per heavy atom. The van der Waals surface area contributed by atoms with Crippen molar-refractivity contribution in [3.63, 3.8) is 0 Å². The number of anilines is 3. The van der Waals surface area contributed by atoms with Crippen LogP contribution in [0.15, 0.2) is 233 Å². The third-order valence-electron chi connectivity index (χ3n) is 12.1. The zero-order chi connectivity index (χ0) is 40.3. The van der Waals surface area contributed by atoms with Crippen molar-refractivity contribution >= 4 is 71.7 Å². The van der Waals surface area contributed by atoms with Gasteiger partial charge in [0.1, 0.15) is 22.3 Å². The van der Waals surface area contributed by atoms with Crippen LogP contribution in [0.5, 0.6) is 0 Å². The number of rotatable bonds is 7. The van der Waals surface area contributed by atoms with E-state index in [0.29, 0.717) is 0 Å². The summed E-state index contributed by atoms with van der Waals surface area (Å²) in [5.74, 6) is 0. The SMILES string of the molecule is c1ccc(-c2ccc3c(c2)oc2cccc(N(c4ccc(-c5ccc(-c6cccc7ccccc67)cc5)cc4)c4ccc(-c5ccccc5)c5oc6ccccc6c45)c23)cc1. The van der Waals surface area contributed by atoms with Crippen molar-refractivity contribution in [1.82, 2.24) is 0 Å². The molecule has 0 spiro atoms. The highest BCUT2D eigenvalue weighted by Gasteiger charge is 2.25. The summed E-state index contributed by atoms with van der Waals surface area (Å²) in [5, 5.41) is 6.74. The molecule has 0 fully saturated rings. The minimum atomic E-state index is 0.833. The van der Waals surface area contributed by atoms with E-state index in [2.05, 4.69) is 217 Å². The van der Waals surface area contributed by atoms with Gasteiger partial charge < -0.3 is 13.7 Å². The van der Waals surface area contributed by atoms with Crippen molar-refractivity contribution in [3.8, 4) is 44.5 Å². The van der Waals surface area contributed by atoms with Gasteiger partial charge in [-0.2, -0.15) is 0 Å². The number of hydrogen-bond donors (Lipinski definition) is 0. The van der Waals surface area contributed by atoms with Gasteiger partial charge in [-0.1, -0.05) is 170 Å². The van der Waals surface area contributed by atoms with E-state index in [-0.39, 0.29) is 0 Å². The monoisotopic (exact) mass is 779 g/mol. The first kappa shape index (κ1) is 34.9. The Bertz CT molecular complexity index is 3560. The van der Waals surface area contributed by atoms with E-state index in [9.17, 15) is 0 Å². The van der Waals surface area contributed by atoms with Crippen molar-refractivity contribution in [2.75, 3.05) is 4.90 Å². The second-order valence-electron chi connectivity index (χ2n) is 15.6. The zero-order valence-electron chi connectivity index (χ0n) is 33.1. The van der Waals surface area contributed by atoms with E-state index in [0.717, 1.165) is 94.3 Å². The van der Waals surface area contributed by atoms with E-state index >= 15 is 0 Å². The Balaban J connectivity index is 1.04. The molecule has 10 aromatic carbocycles. The molecule has 2 aromatic heterocycles. The highest BCUT2D eigenvalue weighted by molar-refractivity contribution is 6.20. The van der Waals surface area contributed by atoms with Gasteiger partial charge in [0.25, 0.3) is 0 Å². The standard InChI is InChI=1S/C58H37NO2/c1-3-13-38(14-4-1)44-31-34-50-55(37-44)60-54-24-12-22-51(56(50)54)59(52-36-35-48(42-15-5-2-6-16-42)58-57(52)49-20-9-10-23-53(49)61-58)45-32-29-40(30-33-45)39-25-27-43(28-26-39)47-21-11-18-41-17-7-8-19-46(41)47/h1-37H. The molecule has 0 amide bonds. The molecule has 0 aliphatic carbocycles. The van der Waals surface area contributed by atoms with Gasteiger partial charge in [0.05, 0.1) is 22.1 Å². The van der Waals surface area contributed by atoms with E-state index in [4.69, 9.17) is 8.83 Å². The molecule has 0 unspecified atom stereocenters. The number of para-hydroxylation sites is 1. The molecule has 286 valence electrons. The van der Waals surface area contributed by atoms with Crippen LogP contribution < -0.4 is 4.90 Å². The smallest absolute Gasteiger partial charge is 0.145 e. The maximum absolute atomic E-state index is 6.80. The van der Waals surface area contributed by atoms with Crippen molar-refractivity contribution in [2.45, 2.75) is 0 Å². The van der Waals surface area contributed by atoms with E-state index < -0.39 is 0 Å². The Morgan fingerprint density at radius 3 is 1.66 bits per heavy atom. The molecule has 0 saturated heterocycles. The van der Waals surface area contributed by atoms with Crippen LogP contribution in [0, 0.1) is 0 Å². The van der Waals surface area contributed by atoms with Crippen molar-refractivity contribution in [1.29, 1.82) is 0 Å². The van der Waals surface area contributed by atoms with Crippen LogP contribution in [0.3, 0.4) is 0 Å². The summed E-state index contributed by atoms with van der Waals surface area (Å²) < 4.78 is 13.5. The molecule has 0 atom stereocenters. The maximum atomic E-state index is 6.80. The molecule has 0 saturated carbocycles.